The zero-order valence-corrected chi connectivity index (χ0v) is 15.6. The highest BCUT2D eigenvalue weighted by Gasteiger charge is 2.10. The second kappa shape index (κ2) is 9.14. The molecule has 146 valence electrons. The van der Waals surface area contributed by atoms with Crippen LogP contribution in [0.1, 0.15) is 30.3 Å². The highest BCUT2D eigenvalue weighted by Crippen LogP contribution is 2.17. The van der Waals surface area contributed by atoms with Gasteiger partial charge in [0.2, 0.25) is 5.91 Å². The summed E-state index contributed by atoms with van der Waals surface area (Å²) in [5.74, 6) is 1.12. The summed E-state index contributed by atoms with van der Waals surface area (Å²) in [5.41, 5.74) is 1.18. The number of hydrogen-bond donors (Lipinski definition) is 3. The molecule has 7 heteroatoms. The van der Waals surface area contributed by atoms with Crippen LogP contribution in [0.25, 0.3) is 10.9 Å². The monoisotopic (exact) mass is 381 g/mol. The van der Waals surface area contributed by atoms with E-state index in [9.17, 15) is 14.7 Å². The Bertz CT molecular complexity index is 998. The molecule has 0 fully saturated rings. The Balaban J connectivity index is 1.46. The number of ether oxygens (including phenoxy) is 1. The van der Waals surface area contributed by atoms with Gasteiger partial charge >= 0.3 is 0 Å². The Labute approximate surface area is 162 Å². The Kier molecular flexibility index (Phi) is 6.39. The number of benzene rings is 2. The molecule has 2 aromatic carbocycles. The minimum atomic E-state index is -0.784. The fraction of sp³-hybridized carbons (Fsp3) is 0.286. The van der Waals surface area contributed by atoms with Crippen LogP contribution in [-0.4, -0.2) is 34.6 Å². The fourth-order valence-corrected chi connectivity index (χ4v) is 2.91. The minimum Gasteiger partial charge on any atom is -0.497 e. The number of nitrogens with one attached hydrogen (secondary N) is 2. The number of hydrogen-bond acceptors (Lipinski definition) is 5. The molecule has 1 aromatic heterocycles. The predicted molar refractivity (Wildman–Crippen MR) is 106 cm³/mol. The van der Waals surface area contributed by atoms with E-state index < -0.39 is 6.10 Å². The lowest BCUT2D eigenvalue weighted by atomic mass is 10.1. The van der Waals surface area contributed by atoms with Crippen molar-refractivity contribution in [2.45, 2.75) is 25.4 Å². The first-order valence-electron chi connectivity index (χ1n) is 9.13. The average Bonchev–Trinajstić information content (AvgIpc) is 2.72. The largest absolute Gasteiger partial charge is 0.497 e. The van der Waals surface area contributed by atoms with Crippen molar-refractivity contribution in [3.8, 4) is 5.75 Å². The molecule has 3 rings (SSSR count). The number of methoxy groups -OCH3 is 1. The number of para-hydroxylation sites is 1. The summed E-state index contributed by atoms with van der Waals surface area (Å²) in [7, 11) is 1.58. The van der Waals surface area contributed by atoms with E-state index in [0.717, 1.165) is 0 Å². The topological polar surface area (TPSA) is 104 Å². The quantitative estimate of drug-likeness (QED) is 0.554. The van der Waals surface area contributed by atoms with Crippen molar-refractivity contribution in [3.05, 3.63) is 70.3 Å². The maximum Gasteiger partial charge on any atom is 0.258 e. The standard InChI is InChI=1S/C21H23N3O4/c1-28-15-11-9-14(10-12-15)18(25)13-22-20(26)8-4-7-19-23-17-6-3-2-5-16(17)21(27)24-19/h2-3,5-6,9-12,18,25H,4,7-8,13H2,1H3,(H,22,26)(H,23,24,27). The second-order valence-corrected chi connectivity index (χ2v) is 6.48. The number of carbonyl (C=O) groups is 1. The van der Waals surface area contributed by atoms with Crippen molar-refractivity contribution in [2.24, 2.45) is 0 Å². The van der Waals surface area contributed by atoms with Crippen molar-refractivity contribution in [2.75, 3.05) is 13.7 Å². The zero-order valence-electron chi connectivity index (χ0n) is 15.6. The molecule has 0 saturated carbocycles. The van der Waals surface area contributed by atoms with E-state index in [-0.39, 0.29) is 24.4 Å². The normalized spacial score (nSPS) is 11.9. The van der Waals surface area contributed by atoms with Gasteiger partial charge < -0.3 is 20.1 Å². The molecule has 0 aliphatic rings. The van der Waals surface area contributed by atoms with Crippen molar-refractivity contribution >= 4 is 16.8 Å². The summed E-state index contributed by atoms with van der Waals surface area (Å²) in [6, 6.07) is 14.2. The summed E-state index contributed by atoms with van der Waals surface area (Å²) < 4.78 is 5.08. The van der Waals surface area contributed by atoms with E-state index in [1.807, 2.05) is 6.07 Å². The van der Waals surface area contributed by atoms with Gasteiger partial charge in [0.05, 0.1) is 24.1 Å². The second-order valence-electron chi connectivity index (χ2n) is 6.48. The van der Waals surface area contributed by atoms with E-state index in [0.29, 0.717) is 40.9 Å². The van der Waals surface area contributed by atoms with Crippen LogP contribution < -0.4 is 15.6 Å². The summed E-state index contributed by atoms with van der Waals surface area (Å²) in [6.07, 6.45) is 0.542. The Morgan fingerprint density at radius 1 is 1.21 bits per heavy atom. The lowest BCUT2D eigenvalue weighted by Crippen LogP contribution is -2.28. The van der Waals surface area contributed by atoms with Crippen LogP contribution in [0.2, 0.25) is 0 Å². The maximum absolute atomic E-state index is 12.0. The van der Waals surface area contributed by atoms with Crippen LogP contribution in [0.3, 0.4) is 0 Å². The van der Waals surface area contributed by atoms with Gasteiger partial charge in [0.25, 0.3) is 5.56 Å². The van der Waals surface area contributed by atoms with Gasteiger partial charge in [-0.1, -0.05) is 24.3 Å². The third kappa shape index (κ3) is 4.95. The third-order valence-corrected chi connectivity index (χ3v) is 4.47. The van der Waals surface area contributed by atoms with Gasteiger partial charge in [0, 0.05) is 19.4 Å². The smallest absolute Gasteiger partial charge is 0.258 e. The molecule has 0 aliphatic carbocycles. The summed E-state index contributed by atoms with van der Waals surface area (Å²) in [4.78, 5) is 31.2. The van der Waals surface area contributed by atoms with Crippen molar-refractivity contribution in [1.29, 1.82) is 0 Å². The summed E-state index contributed by atoms with van der Waals surface area (Å²) in [6.45, 7) is 0.135. The molecular weight excluding hydrogens is 358 g/mol. The van der Waals surface area contributed by atoms with E-state index in [2.05, 4.69) is 15.3 Å². The number of fused-ring (bicyclic) bond motifs is 1. The van der Waals surface area contributed by atoms with Gasteiger partial charge in [-0.3, -0.25) is 9.59 Å². The van der Waals surface area contributed by atoms with Crippen LogP contribution in [-0.2, 0) is 11.2 Å². The van der Waals surface area contributed by atoms with Crippen molar-refractivity contribution in [1.82, 2.24) is 15.3 Å². The Morgan fingerprint density at radius 2 is 1.96 bits per heavy atom. The molecule has 0 bridgehead atoms. The number of H-pyrrole nitrogens is 1. The number of aliphatic hydroxyl groups excluding tert-OH is 1. The number of amides is 1. The van der Waals surface area contributed by atoms with Gasteiger partial charge in [-0.25, -0.2) is 4.98 Å². The molecule has 3 N–H and O–H groups in total. The summed E-state index contributed by atoms with van der Waals surface area (Å²) >= 11 is 0. The molecule has 1 atom stereocenters. The third-order valence-electron chi connectivity index (χ3n) is 4.47. The number of rotatable bonds is 8. The molecule has 0 radical (unpaired) electrons. The molecule has 0 spiro atoms. The van der Waals surface area contributed by atoms with Crippen LogP contribution in [0, 0.1) is 0 Å². The van der Waals surface area contributed by atoms with Crippen LogP contribution in [0.15, 0.2) is 53.3 Å². The van der Waals surface area contributed by atoms with Gasteiger partial charge in [-0.05, 0) is 36.2 Å². The van der Waals surface area contributed by atoms with E-state index in [1.165, 1.54) is 0 Å². The molecule has 1 heterocycles. The van der Waals surface area contributed by atoms with Crippen LogP contribution in [0.4, 0.5) is 0 Å². The molecule has 1 unspecified atom stereocenters. The first-order chi connectivity index (χ1) is 13.6. The molecule has 3 aromatic rings. The number of nitrogens with zero attached hydrogens (tertiary/aromatic N) is 1. The number of carbonyl (C=O) groups excluding carboxylic acids is 1. The lowest BCUT2D eigenvalue weighted by molar-refractivity contribution is -0.121. The fourth-order valence-electron chi connectivity index (χ4n) is 2.91. The number of aromatic nitrogens is 2. The first kappa shape index (κ1) is 19.6. The molecule has 28 heavy (non-hydrogen) atoms. The predicted octanol–water partition coefficient (Wildman–Crippen LogP) is 2.10. The number of aryl methyl sites for hydroxylation is 1. The SMILES string of the molecule is COc1ccc(C(O)CNC(=O)CCCc2nc3ccccc3c(=O)[nH]2)cc1. The van der Waals surface area contributed by atoms with E-state index in [4.69, 9.17) is 4.74 Å². The van der Waals surface area contributed by atoms with E-state index in [1.54, 1.807) is 49.6 Å². The summed E-state index contributed by atoms with van der Waals surface area (Å²) in [5, 5.41) is 13.4. The molecular formula is C21H23N3O4. The lowest BCUT2D eigenvalue weighted by Gasteiger charge is -2.13. The maximum atomic E-state index is 12.0. The Morgan fingerprint density at radius 3 is 2.71 bits per heavy atom. The van der Waals surface area contributed by atoms with Crippen LogP contribution in [0.5, 0.6) is 5.75 Å². The van der Waals surface area contributed by atoms with Crippen molar-refractivity contribution in [3.63, 3.8) is 0 Å². The molecule has 1 amide bonds. The molecule has 0 aliphatic heterocycles. The number of aromatic amines is 1. The average molecular weight is 381 g/mol. The molecule has 7 nitrogen and oxygen atoms in total. The van der Waals surface area contributed by atoms with Crippen molar-refractivity contribution < 1.29 is 14.6 Å². The van der Waals surface area contributed by atoms with Crippen LogP contribution >= 0.6 is 0 Å². The highest BCUT2D eigenvalue weighted by molar-refractivity contribution is 5.77. The minimum absolute atomic E-state index is 0.135. The van der Waals surface area contributed by atoms with Gasteiger partial charge in [0.1, 0.15) is 11.6 Å². The van der Waals surface area contributed by atoms with Gasteiger partial charge in [-0.2, -0.15) is 0 Å². The van der Waals surface area contributed by atoms with Gasteiger partial charge in [0.15, 0.2) is 0 Å². The number of aliphatic hydroxyl groups is 1. The molecule has 0 saturated heterocycles. The van der Waals surface area contributed by atoms with Gasteiger partial charge in [-0.15, -0.1) is 0 Å². The highest BCUT2D eigenvalue weighted by atomic mass is 16.5. The first-order valence-corrected chi connectivity index (χ1v) is 9.13. The van der Waals surface area contributed by atoms with E-state index >= 15 is 0 Å². The zero-order chi connectivity index (χ0) is 19.9. The Hall–Kier alpha value is -3.19.